The molecule has 0 amide bonds. The SMILES string of the molecule is CC(O)CNCCOc1cccc(C(F)(F)F)c1.O=C(O)C(=O)O. The Morgan fingerprint density at radius 2 is 1.83 bits per heavy atom. The fourth-order valence-corrected chi connectivity index (χ4v) is 1.31. The quantitative estimate of drug-likeness (QED) is 0.449. The number of aliphatic hydroxyl groups is 1. The highest BCUT2D eigenvalue weighted by Gasteiger charge is 2.30. The van der Waals surface area contributed by atoms with Gasteiger partial charge in [0.15, 0.2) is 0 Å². The highest BCUT2D eigenvalue weighted by Crippen LogP contribution is 2.31. The maximum absolute atomic E-state index is 12.4. The fraction of sp³-hybridized carbons (Fsp3) is 0.429. The summed E-state index contributed by atoms with van der Waals surface area (Å²) in [6.07, 6.45) is -4.82. The molecular weight excluding hydrogens is 335 g/mol. The molecule has 0 saturated heterocycles. The van der Waals surface area contributed by atoms with Gasteiger partial charge >= 0.3 is 18.1 Å². The number of benzene rings is 1. The number of ether oxygens (including phenoxy) is 1. The predicted molar refractivity (Wildman–Crippen MR) is 76.8 cm³/mol. The first-order valence-electron chi connectivity index (χ1n) is 6.69. The molecule has 136 valence electrons. The van der Waals surface area contributed by atoms with E-state index < -0.39 is 29.8 Å². The lowest BCUT2D eigenvalue weighted by molar-refractivity contribution is -0.159. The Labute approximate surface area is 135 Å². The topological polar surface area (TPSA) is 116 Å². The van der Waals surface area contributed by atoms with E-state index in [1.165, 1.54) is 12.1 Å². The lowest BCUT2D eigenvalue weighted by Gasteiger charge is -2.11. The van der Waals surface area contributed by atoms with Crippen LogP contribution < -0.4 is 10.1 Å². The summed E-state index contributed by atoms with van der Waals surface area (Å²) in [5.74, 6) is -3.46. The van der Waals surface area contributed by atoms with Crippen LogP contribution in [0.4, 0.5) is 13.2 Å². The first kappa shape index (κ1) is 21.7. The Hall–Kier alpha value is -2.33. The highest BCUT2D eigenvalue weighted by atomic mass is 19.4. The van der Waals surface area contributed by atoms with Crippen LogP contribution >= 0.6 is 0 Å². The van der Waals surface area contributed by atoms with Crippen LogP contribution in [0, 0.1) is 0 Å². The van der Waals surface area contributed by atoms with Gasteiger partial charge in [0.1, 0.15) is 12.4 Å². The molecule has 24 heavy (non-hydrogen) atoms. The van der Waals surface area contributed by atoms with Crippen LogP contribution in [-0.2, 0) is 15.8 Å². The molecular formula is C14H18F3NO6. The van der Waals surface area contributed by atoms with E-state index in [0.717, 1.165) is 12.1 Å². The number of aliphatic carboxylic acids is 2. The normalized spacial score (nSPS) is 11.9. The molecule has 0 aromatic heterocycles. The fourth-order valence-electron chi connectivity index (χ4n) is 1.31. The standard InChI is InChI=1S/C12H16F3NO2.C2H2O4/c1-9(17)8-16-5-6-18-11-4-2-3-10(7-11)12(13,14)15;3-1(4)2(5)6/h2-4,7,9,16-17H,5-6,8H2,1H3;(H,3,4)(H,5,6). The first-order valence-corrected chi connectivity index (χ1v) is 6.69. The molecule has 0 fully saturated rings. The van der Waals surface area contributed by atoms with Crippen LogP contribution in [0.3, 0.4) is 0 Å². The van der Waals surface area contributed by atoms with Gasteiger partial charge in [-0.25, -0.2) is 9.59 Å². The molecule has 10 heteroatoms. The van der Waals surface area contributed by atoms with Crippen LogP contribution in [0.25, 0.3) is 0 Å². The van der Waals surface area contributed by atoms with Crippen molar-refractivity contribution in [1.29, 1.82) is 0 Å². The maximum atomic E-state index is 12.4. The molecule has 0 aliphatic rings. The number of nitrogens with one attached hydrogen (secondary N) is 1. The second kappa shape index (κ2) is 10.4. The van der Waals surface area contributed by atoms with Gasteiger partial charge < -0.3 is 25.4 Å². The van der Waals surface area contributed by atoms with Crippen molar-refractivity contribution >= 4 is 11.9 Å². The number of alkyl halides is 3. The van der Waals surface area contributed by atoms with E-state index in [-0.39, 0.29) is 12.4 Å². The lowest BCUT2D eigenvalue weighted by Crippen LogP contribution is -2.28. The number of hydrogen-bond donors (Lipinski definition) is 4. The molecule has 1 unspecified atom stereocenters. The summed E-state index contributed by atoms with van der Waals surface area (Å²) in [4.78, 5) is 18.2. The van der Waals surface area contributed by atoms with Crippen molar-refractivity contribution in [3.05, 3.63) is 29.8 Å². The van der Waals surface area contributed by atoms with E-state index in [9.17, 15) is 13.2 Å². The third kappa shape index (κ3) is 10.4. The molecule has 0 aliphatic carbocycles. The van der Waals surface area contributed by atoms with Crippen molar-refractivity contribution < 1.29 is 42.8 Å². The molecule has 0 bridgehead atoms. The van der Waals surface area contributed by atoms with Crippen molar-refractivity contribution in [3.63, 3.8) is 0 Å². The number of rotatable bonds is 6. The van der Waals surface area contributed by atoms with Gasteiger partial charge in [0.25, 0.3) is 0 Å². The average Bonchev–Trinajstić information content (AvgIpc) is 2.46. The summed E-state index contributed by atoms with van der Waals surface area (Å²) < 4.78 is 42.4. The molecule has 1 rings (SSSR count). The molecule has 0 spiro atoms. The van der Waals surface area contributed by atoms with Crippen LogP contribution in [0.2, 0.25) is 0 Å². The second-order valence-electron chi connectivity index (χ2n) is 4.54. The van der Waals surface area contributed by atoms with Gasteiger partial charge in [0.05, 0.1) is 11.7 Å². The van der Waals surface area contributed by atoms with E-state index in [2.05, 4.69) is 5.32 Å². The number of halogens is 3. The van der Waals surface area contributed by atoms with E-state index in [4.69, 9.17) is 29.6 Å². The molecule has 1 aromatic carbocycles. The van der Waals surface area contributed by atoms with Gasteiger partial charge in [-0.3, -0.25) is 0 Å². The average molecular weight is 353 g/mol. The van der Waals surface area contributed by atoms with Crippen molar-refractivity contribution in [2.24, 2.45) is 0 Å². The Kier molecular flexibility index (Phi) is 9.43. The maximum Gasteiger partial charge on any atom is 0.416 e. The Balaban J connectivity index is 0.000000754. The van der Waals surface area contributed by atoms with Crippen LogP contribution in [0.1, 0.15) is 12.5 Å². The molecule has 0 radical (unpaired) electrons. The minimum Gasteiger partial charge on any atom is -0.492 e. The Morgan fingerprint density at radius 1 is 1.25 bits per heavy atom. The van der Waals surface area contributed by atoms with Gasteiger partial charge in [-0.15, -0.1) is 0 Å². The smallest absolute Gasteiger partial charge is 0.416 e. The third-order valence-corrected chi connectivity index (χ3v) is 2.33. The number of carboxylic acid groups (broad SMARTS) is 2. The van der Waals surface area contributed by atoms with Crippen LogP contribution in [0.15, 0.2) is 24.3 Å². The molecule has 0 saturated carbocycles. The lowest BCUT2D eigenvalue weighted by atomic mass is 10.2. The number of carbonyl (C=O) groups is 2. The molecule has 0 heterocycles. The highest BCUT2D eigenvalue weighted by molar-refractivity contribution is 6.27. The molecule has 7 nitrogen and oxygen atoms in total. The zero-order valence-corrected chi connectivity index (χ0v) is 12.7. The van der Waals surface area contributed by atoms with E-state index >= 15 is 0 Å². The molecule has 1 aromatic rings. The second-order valence-corrected chi connectivity index (χ2v) is 4.54. The van der Waals surface area contributed by atoms with Gasteiger partial charge in [0.2, 0.25) is 0 Å². The van der Waals surface area contributed by atoms with E-state index in [1.54, 1.807) is 6.92 Å². The molecule has 1 atom stereocenters. The van der Waals surface area contributed by atoms with Crippen LogP contribution in [0.5, 0.6) is 5.75 Å². The van der Waals surface area contributed by atoms with Gasteiger partial charge in [-0.1, -0.05) is 6.07 Å². The number of aliphatic hydroxyl groups excluding tert-OH is 1. The summed E-state index contributed by atoms with van der Waals surface area (Å²) >= 11 is 0. The van der Waals surface area contributed by atoms with Gasteiger partial charge in [0, 0.05) is 13.1 Å². The zero-order valence-electron chi connectivity index (χ0n) is 12.7. The van der Waals surface area contributed by atoms with Crippen molar-refractivity contribution in [2.45, 2.75) is 19.2 Å². The first-order chi connectivity index (χ1) is 11.0. The Bertz CT molecular complexity index is 521. The number of carboxylic acids is 2. The minimum atomic E-state index is -4.36. The summed E-state index contributed by atoms with van der Waals surface area (Å²) in [6.45, 7) is 2.77. The summed E-state index contributed by atoms with van der Waals surface area (Å²) in [5.41, 5.74) is -0.725. The van der Waals surface area contributed by atoms with Crippen molar-refractivity contribution in [1.82, 2.24) is 5.32 Å². The van der Waals surface area contributed by atoms with E-state index in [0.29, 0.717) is 13.1 Å². The summed E-state index contributed by atoms with van der Waals surface area (Å²) in [6, 6.07) is 4.75. The molecule has 0 aliphatic heterocycles. The monoisotopic (exact) mass is 353 g/mol. The molecule has 4 N–H and O–H groups in total. The number of hydrogen-bond acceptors (Lipinski definition) is 5. The predicted octanol–water partition coefficient (Wildman–Crippen LogP) is 1.21. The van der Waals surface area contributed by atoms with E-state index in [1.807, 2.05) is 0 Å². The Morgan fingerprint density at radius 3 is 2.29 bits per heavy atom. The largest absolute Gasteiger partial charge is 0.492 e. The third-order valence-electron chi connectivity index (χ3n) is 2.33. The summed E-state index contributed by atoms with van der Waals surface area (Å²) in [7, 11) is 0. The minimum absolute atomic E-state index is 0.184. The summed E-state index contributed by atoms with van der Waals surface area (Å²) in [5, 5.41) is 26.7. The zero-order chi connectivity index (χ0) is 18.8. The van der Waals surface area contributed by atoms with Crippen molar-refractivity contribution in [2.75, 3.05) is 19.7 Å². The van der Waals surface area contributed by atoms with Gasteiger partial charge in [-0.2, -0.15) is 13.2 Å². The van der Waals surface area contributed by atoms with Crippen molar-refractivity contribution in [3.8, 4) is 5.75 Å². The van der Waals surface area contributed by atoms with Crippen LogP contribution in [-0.4, -0.2) is 53.1 Å². The van der Waals surface area contributed by atoms with Gasteiger partial charge in [-0.05, 0) is 25.1 Å².